The Morgan fingerprint density at radius 2 is 2.09 bits per heavy atom. The molecule has 2 nitrogen and oxygen atoms in total. The van der Waals surface area contributed by atoms with E-state index in [0.29, 0.717) is 12.1 Å². The summed E-state index contributed by atoms with van der Waals surface area (Å²) in [5.74, 6) is -0.225. The number of hydrogen-bond acceptors (Lipinski definition) is 1. The fourth-order valence-electron chi connectivity index (χ4n) is 0.684. The molecule has 0 bridgehead atoms. The highest BCUT2D eigenvalue weighted by atomic mass is 19.1. The lowest BCUT2D eigenvalue weighted by Crippen LogP contribution is -1.99. The third-order valence-corrected chi connectivity index (χ3v) is 1.24. The molecule has 1 heterocycles. The van der Waals surface area contributed by atoms with Gasteiger partial charge in [-0.25, -0.2) is 4.68 Å². The van der Waals surface area contributed by atoms with Gasteiger partial charge in [0.1, 0.15) is 0 Å². The van der Waals surface area contributed by atoms with Crippen LogP contribution >= 0.6 is 0 Å². The van der Waals surface area contributed by atoms with Gasteiger partial charge in [0.2, 0.25) is 5.95 Å². The topological polar surface area (TPSA) is 17.8 Å². The lowest BCUT2D eigenvalue weighted by atomic mass is 10.4. The van der Waals surface area contributed by atoms with E-state index < -0.39 is 0 Å². The zero-order valence-electron chi connectivity index (χ0n) is 7.56. The highest BCUT2D eigenvalue weighted by Gasteiger charge is 2.01. The lowest BCUT2D eigenvalue weighted by molar-refractivity contribution is 0.467. The first-order valence-corrected chi connectivity index (χ1v) is 3.93. The summed E-state index contributed by atoms with van der Waals surface area (Å²) in [5.41, 5.74) is 0.608. The predicted octanol–water partition coefficient (Wildman–Crippen LogP) is 2.38. The van der Waals surface area contributed by atoms with E-state index in [9.17, 15) is 4.39 Å². The van der Waals surface area contributed by atoms with E-state index in [4.69, 9.17) is 0 Å². The van der Waals surface area contributed by atoms with Gasteiger partial charge in [-0.15, -0.1) is 0 Å². The molecule has 3 heteroatoms. The van der Waals surface area contributed by atoms with Gasteiger partial charge >= 0.3 is 0 Å². The Hall–Kier alpha value is -0.860. The van der Waals surface area contributed by atoms with Gasteiger partial charge in [-0.1, -0.05) is 13.8 Å². The molecule has 11 heavy (non-hydrogen) atoms. The molecule has 0 N–H and O–H groups in total. The normalized spacial score (nSPS) is 8.82. The van der Waals surface area contributed by atoms with E-state index in [1.165, 1.54) is 10.9 Å². The number of rotatable bonds is 1. The average Bonchev–Trinajstić information content (AvgIpc) is 2.37. The minimum atomic E-state index is -0.225. The molecule has 1 rings (SSSR count). The van der Waals surface area contributed by atoms with Crippen molar-refractivity contribution in [3.63, 3.8) is 0 Å². The van der Waals surface area contributed by atoms with Crippen molar-refractivity contribution in [1.29, 1.82) is 0 Å². The molecule has 0 aliphatic carbocycles. The minimum Gasteiger partial charge on any atom is -0.240 e. The van der Waals surface area contributed by atoms with Gasteiger partial charge in [-0.05, 0) is 13.8 Å². The van der Waals surface area contributed by atoms with Crippen LogP contribution in [-0.2, 0) is 6.54 Å². The summed E-state index contributed by atoms with van der Waals surface area (Å²) in [6, 6.07) is 0. The van der Waals surface area contributed by atoms with E-state index >= 15 is 0 Å². The number of aryl methyl sites for hydroxylation is 2. The lowest BCUT2D eigenvalue weighted by Gasteiger charge is -1.93. The zero-order valence-corrected chi connectivity index (χ0v) is 7.56. The van der Waals surface area contributed by atoms with Crippen molar-refractivity contribution < 1.29 is 4.39 Å². The fraction of sp³-hybridized carbons (Fsp3) is 0.625. The number of aromatic nitrogens is 2. The summed E-state index contributed by atoms with van der Waals surface area (Å²) in [6.45, 7) is 8.16. The molecule has 0 aliphatic heterocycles. The van der Waals surface area contributed by atoms with Crippen molar-refractivity contribution in [3.05, 3.63) is 17.7 Å². The van der Waals surface area contributed by atoms with Crippen molar-refractivity contribution in [2.24, 2.45) is 0 Å². The number of hydrogen-bond donors (Lipinski definition) is 0. The average molecular weight is 158 g/mol. The molecule has 0 aromatic carbocycles. The van der Waals surface area contributed by atoms with Crippen LogP contribution in [0.25, 0.3) is 0 Å². The molecule has 0 amide bonds. The summed E-state index contributed by atoms with van der Waals surface area (Å²) < 4.78 is 14.0. The molecule has 0 saturated heterocycles. The van der Waals surface area contributed by atoms with Gasteiger partial charge in [0.15, 0.2) is 0 Å². The summed E-state index contributed by atoms with van der Waals surface area (Å²) in [4.78, 5) is 0. The zero-order chi connectivity index (χ0) is 8.85. The van der Waals surface area contributed by atoms with Crippen LogP contribution < -0.4 is 0 Å². The largest absolute Gasteiger partial charge is 0.240 e. The van der Waals surface area contributed by atoms with Crippen LogP contribution in [0.2, 0.25) is 0 Å². The first-order valence-electron chi connectivity index (χ1n) is 3.93. The van der Waals surface area contributed by atoms with Gasteiger partial charge in [-0.3, -0.25) is 0 Å². The molecule has 0 atom stereocenters. The maximum Gasteiger partial charge on any atom is 0.214 e. The molecule has 64 valence electrons. The van der Waals surface area contributed by atoms with E-state index in [2.05, 4.69) is 5.10 Å². The van der Waals surface area contributed by atoms with Crippen molar-refractivity contribution in [2.75, 3.05) is 0 Å². The molecule has 0 spiro atoms. The summed E-state index contributed by atoms with van der Waals surface area (Å²) >= 11 is 0. The van der Waals surface area contributed by atoms with Crippen molar-refractivity contribution in [3.8, 4) is 0 Å². The second-order valence-corrected chi connectivity index (χ2v) is 1.93. The Kier molecular flexibility index (Phi) is 4.50. The first-order chi connectivity index (χ1) is 5.25. The second kappa shape index (κ2) is 4.88. The Morgan fingerprint density at radius 1 is 1.55 bits per heavy atom. The molecular formula is C8H15FN2. The number of halogens is 1. The van der Waals surface area contributed by atoms with Crippen molar-refractivity contribution >= 4 is 0 Å². The first kappa shape index (κ1) is 10.1. The van der Waals surface area contributed by atoms with Gasteiger partial charge in [0.25, 0.3) is 0 Å². The highest BCUT2D eigenvalue weighted by molar-refractivity contribution is 5.02. The maximum absolute atomic E-state index is 12.7. The van der Waals surface area contributed by atoms with Crippen LogP contribution in [0.3, 0.4) is 0 Å². The predicted molar refractivity (Wildman–Crippen MR) is 43.9 cm³/mol. The third-order valence-electron chi connectivity index (χ3n) is 1.24. The van der Waals surface area contributed by atoms with Crippen LogP contribution in [0.4, 0.5) is 4.39 Å². The van der Waals surface area contributed by atoms with Crippen molar-refractivity contribution in [2.45, 2.75) is 34.2 Å². The van der Waals surface area contributed by atoms with Crippen molar-refractivity contribution in [1.82, 2.24) is 9.78 Å². The third kappa shape index (κ3) is 2.33. The fourth-order valence-corrected chi connectivity index (χ4v) is 0.684. The smallest absolute Gasteiger partial charge is 0.214 e. The molecule has 0 aliphatic rings. The molecule has 0 unspecified atom stereocenters. The van der Waals surface area contributed by atoms with Gasteiger partial charge < -0.3 is 0 Å². The number of nitrogens with zero attached hydrogens (tertiary/aromatic N) is 2. The summed E-state index contributed by atoms with van der Waals surface area (Å²) in [7, 11) is 0. The maximum atomic E-state index is 12.7. The second-order valence-electron chi connectivity index (χ2n) is 1.93. The summed E-state index contributed by atoms with van der Waals surface area (Å²) in [6.07, 6.45) is 1.53. The van der Waals surface area contributed by atoms with E-state index in [1.54, 1.807) is 6.92 Å². The Labute approximate surface area is 67.0 Å². The minimum absolute atomic E-state index is 0.225. The Bertz CT molecular complexity index is 206. The summed E-state index contributed by atoms with van der Waals surface area (Å²) in [5, 5.41) is 3.78. The van der Waals surface area contributed by atoms with Crippen LogP contribution in [-0.4, -0.2) is 9.78 Å². The Morgan fingerprint density at radius 3 is 2.27 bits per heavy atom. The monoisotopic (exact) mass is 158 g/mol. The molecule has 1 aromatic heterocycles. The Balaban J connectivity index is 0.000000461. The van der Waals surface area contributed by atoms with Crippen LogP contribution in [0.1, 0.15) is 26.3 Å². The van der Waals surface area contributed by atoms with Gasteiger partial charge in [0.05, 0.1) is 6.20 Å². The quantitative estimate of drug-likeness (QED) is 0.613. The van der Waals surface area contributed by atoms with Gasteiger partial charge in [-0.2, -0.15) is 9.49 Å². The van der Waals surface area contributed by atoms with Crippen LogP contribution in [0.5, 0.6) is 0 Å². The molecular weight excluding hydrogens is 143 g/mol. The highest BCUT2D eigenvalue weighted by Crippen LogP contribution is 2.02. The molecule has 0 saturated carbocycles. The molecule has 0 fully saturated rings. The molecule has 0 radical (unpaired) electrons. The van der Waals surface area contributed by atoms with E-state index in [1.807, 2.05) is 20.8 Å². The van der Waals surface area contributed by atoms with E-state index in [-0.39, 0.29) is 5.95 Å². The van der Waals surface area contributed by atoms with Crippen LogP contribution in [0, 0.1) is 12.9 Å². The molecule has 1 aromatic rings. The standard InChI is InChI=1S/C6H9FN2.C2H6/c1-3-9-6(7)5(2)4-8-9;1-2/h4H,3H2,1-2H3;1-2H3. The van der Waals surface area contributed by atoms with Gasteiger partial charge in [0, 0.05) is 12.1 Å². The van der Waals surface area contributed by atoms with Crippen LogP contribution in [0.15, 0.2) is 6.20 Å². The van der Waals surface area contributed by atoms with E-state index in [0.717, 1.165) is 0 Å². The SMILES string of the molecule is CC.CCn1ncc(C)c1F.